The predicted molar refractivity (Wildman–Crippen MR) is 70.7 cm³/mol. The molecule has 6 heteroatoms. The summed E-state index contributed by atoms with van der Waals surface area (Å²) in [6.45, 7) is 0.410. The number of hydrogen-bond donors (Lipinski definition) is 1. The van der Waals surface area contributed by atoms with Crippen molar-refractivity contribution in [1.29, 1.82) is 0 Å². The van der Waals surface area contributed by atoms with Gasteiger partial charge in [0.2, 0.25) is 0 Å². The van der Waals surface area contributed by atoms with Crippen LogP contribution in [0.25, 0.3) is 0 Å². The summed E-state index contributed by atoms with van der Waals surface area (Å²) in [5.74, 6) is 0.204. The molecule has 2 rings (SSSR count). The van der Waals surface area contributed by atoms with Gasteiger partial charge in [-0.05, 0) is 29.8 Å². The van der Waals surface area contributed by atoms with Gasteiger partial charge in [0, 0.05) is 17.2 Å². The van der Waals surface area contributed by atoms with Crippen LogP contribution in [0.1, 0.15) is 11.1 Å². The highest BCUT2D eigenvalue weighted by Crippen LogP contribution is 2.29. The lowest BCUT2D eigenvalue weighted by Crippen LogP contribution is -2.07. The quantitative estimate of drug-likeness (QED) is 0.897. The molecule has 1 aromatic heterocycles. The van der Waals surface area contributed by atoms with Crippen molar-refractivity contribution in [1.82, 2.24) is 4.98 Å². The van der Waals surface area contributed by atoms with Crippen LogP contribution < -0.4 is 5.32 Å². The summed E-state index contributed by atoms with van der Waals surface area (Å²) in [6.07, 6.45) is -3.21. The van der Waals surface area contributed by atoms with Crippen LogP contribution in [0.3, 0.4) is 0 Å². The van der Waals surface area contributed by atoms with E-state index in [1.807, 2.05) is 24.3 Å². The van der Waals surface area contributed by atoms with Crippen molar-refractivity contribution >= 4 is 21.7 Å². The van der Waals surface area contributed by atoms with Crippen molar-refractivity contribution in [3.63, 3.8) is 0 Å². The minimum atomic E-state index is -4.35. The molecule has 0 amide bonds. The van der Waals surface area contributed by atoms with Gasteiger partial charge in [0.15, 0.2) is 0 Å². The van der Waals surface area contributed by atoms with Crippen molar-refractivity contribution in [2.24, 2.45) is 0 Å². The number of aromatic nitrogens is 1. The van der Waals surface area contributed by atoms with E-state index in [0.29, 0.717) is 6.54 Å². The third kappa shape index (κ3) is 3.96. The second-order valence-electron chi connectivity index (χ2n) is 3.91. The molecule has 2 nitrogen and oxygen atoms in total. The molecule has 0 spiro atoms. The topological polar surface area (TPSA) is 24.9 Å². The molecule has 0 saturated carbocycles. The second-order valence-corrected chi connectivity index (χ2v) is 4.83. The van der Waals surface area contributed by atoms with Crippen LogP contribution in [0.5, 0.6) is 0 Å². The van der Waals surface area contributed by atoms with Gasteiger partial charge in [-0.3, -0.25) is 0 Å². The summed E-state index contributed by atoms with van der Waals surface area (Å²) in [6, 6.07) is 9.46. The van der Waals surface area contributed by atoms with Crippen LogP contribution in [-0.4, -0.2) is 4.98 Å². The average molecular weight is 331 g/mol. The average Bonchev–Trinajstić information content (AvgIpc) is 2.36. The lowest BCUT2D eigenvalue weighted by molar-refractivity contribution is -0.137. The molecule has 2 aromatic rings. The maximum atomic E-state index is 12.5. The number of nitrogens with zero attached hydrogens (tertiary/aromatic N) is 1. The van der Waals surface area contributed by atoms with Crippen molar-refractivity contribution in [3.8, 4) is 0 Å². The van der Waals surface area contributed by atoms with Gasteiger partial charge in [-0.1, -0.05) is 28.1 Å². The number of alkyl halides is 3. The molecule has 0 aliphatic rings. The Kier molecular flexibility index (Phi) is 4.09. The van der Waals surface area contributed by atoms with E-state index in [1.165, 1.54) is 0 Å². The van der Waals surface area contributed by atoms with Crippen LogP contribution in [-0.2, 0) is 12.7 Å². The van der Waals surface area contributed by atoms with Crippen LogP contribution >= 0.6 is 15.9 Å². The first-order valence-electron chi connectivity index (χ1n) is 5.47. The van der Waals surface area contributed by atoms with E-state index in [4.69, 9.17) is 0 Å². The maximum absolute atomic E-state index is 12.5. The molecule has 0 saturated heterocycles. The van der Waals surface area contributed by atoms with Gasteiger partial charge >= 0.3 is 6.18 Å². The largest absolute Gasteiger partial charge is 0.416 e. The Hall–Kier alpha value is -1.56. The molecule has 19 heavy (non-hydrogen) atoms. The van der Waals surface area contributed by atoms with E-state index in [1.54, 1.807) is 0 Å². The number of rotatable bonds is 3. The first-order chi connectivity index (χ1) is 8.95. The molecule has 1 N–H and O–H groups in total. The number of halogens is 4. The van der Waals surface area contributed by atoms with Crippen molar-refractivity contribution in [2.75, 3.05) is 5.32 Å². The van der Waals surface area contributed by atoms with E-state index in [9.17, 15) is 13.2 Å². The molecular formula is C13H10BrF3N2. The van der Waals surface area contributed by atoms with Crippen LogP contribution in [0.4, 0.5) is 19.0 Å². The fourth-order valence-corrected chi connectivity index (χ4v) is 1.99. The van der Waals surface area contributed by atoms with Gasteiger partial charge < -0.3 is 5.32 Å². The summed E-state index contributed by atoms with van der Waals surface area (Å²) in [7, 11) is 0. The molecule has 0 bridgehead atoms. The van der Waals surface area contributed by atoms with Gasteiger partial charge in [0.1, 0.15) is 5.82 Å². The summed E-state index contributed by atoms with van der Waals surface area (Å²) >= 11 is 3.33. The predicted octanol–water partition coefficient (Wildman–Crippen LogP) is 4.48. The zero-order valence-corrected chi connectivity index (χ0v) is 11.3. The molecule has 1 aromatic carbocycles. The molecule has 1 heterocycles. The van der Waals surface area contributed by atoms with Crippen molar-refractivity contribution in [2.45, 2.75) is 12.7 Å². The minimum absolute atomic E-state index is 0.204. The normalized spacial score (nSPS) is 11.4. The summed E-state index contributed by atoms with van der Waals surface area (Å²) in [5, 5.41) is 2.87. The Morgan fingerprint density at radius 1 is 1.16 bits per heavy atom. The molecule has 0 fully saturated rings. The first kappa shape index (κ1) is 13.9. The van der Waals surface area contributed by atoms with E-state index in [-0.39, 0.29) is 5.82 Å². The fourth-order valence-electron chi connectivity index (χ4n) is 1.54. The number of anilines is 1. The molecule has 0 aliphatic carbocycles. The zero-order valence-electron chi connectivity index (χ0n) is 9.71. The van der Waals surface area contributed by atoms with Crippen LogP contribution in [0, 0.1) is 0 Å². The monoisotopic (exact) mass is 330 g/mol. The van der Waals surface area contributed by atoms with Gasteiger partial charge in [-0.15, -0.1) is 0 Å². The van der Waals surface area contributed by atoms with Gasteiger partial charge in [0.25, 0.3) is 0 Å². The molecule has 0 unspecified atom stereocenters. The molecule has 0 atom stereocenters. The maximum Gasteiger partial charge on any atom is 0.416 e. The lowest BCUT2D eigenvalue weighted by Gasteiger charge is -2.10. The second kappa shape index (κ2) is 5.61. The zero-order chi connectivity index (χ0) is 13.9. The van der Waals surface area contributed by atoms with Crippen molar-refractivity contribution < 1.29 is 13.2 Å². The van der Waals surface area contributed by atoms with Crippen molar-refractivity contribution in [3.05, 3.63) is 58.2 Å². The number of benzene rings is 1. The van der Waals surface area contributed by atoms with Gasteiger partial charge in [0.05, 0.1) is 5.56 Å². The van der Waals surface area contributed by atoms with E-state index >= 15 is 0 Å². The van der Waals surface area contributed by atoms with E-state index in [2.05, 4.69) is 26.2 Å². The molecular weight excluding hydrogens is 321 g/mol. The molecule has 0 aliphatic heterocycles. The highest BCUT2D eigenvalue weighted by Gasteiger charge is 2.30. The van der Waals surface area contributed by atoms with Gasteiger partial charge in [-0.25, -0.2) is 4.98 Å². The lowest BCUT2D eigenvalue weighted by atomic mass is 10.2. The fraction of sp³-hybridized carbons (Fsp3) is 0.154. The molecule has 0 radical (unpaired) electrons. The Labute approximate surface area is 116 Å². The Balaban J connectivity index is 2.08. The highest BCUT2D eigenvalue weighted by molar-refractivity contribution is 9.10. The first-order valence-corrected chi connectivity index (χ1v) is 6.26. The van der Waals surface area contributed by atoms with E-state index in [0.717, 1.165) is 28.4 Å². The third-order valence-corrected chi connectivity index (χ3v) is 2.94. The standard InChI is InChI=1S/C13H10BrF3N2/c14-11-3-1-2-9(6-11)8-19-12-7-10(4-5-18-12)13(15,16)17/h1-7H,8H2,(H,18,19). The molecule has 100 valence electrons. The summed E-state index contributed by atoms with van der Waals surface area (Å²) < 4.78 is 38.5. The van der Waals surface area contributed by atoms with Crippen LogP contribution in [0.15, 0.2) is 47.1 Å². The number of hydrogen-bond acceptors (Lipinski definition) is 2. The third-order valence-electron chi connectivity index (χ3n) is 2.45. The Morgan fingerprint density at radius 3 is 2.63 bits per heavy atom. The number of pyridine rings is 1. The van der Waals surface area contributed by atoms with Crippen LogP contribution in [0.2, 0.25) is 0 Å². The minimum Gasteiger partial charge on any atom is -0.366 e. The summed E-state index contributed by atoms with van der Waals surface area (Å²) in [5.41, 5.74) is 0.243. The number of nitrogens with one attached hydrogen (secondary N) is 1. The highest BCUT2D eigenvalue weighted by atomic mass is 79.9. The van der Waals surface area contributed by atoms with Gasteiger partial charge in [-0.2, -0.15) is 13.2 Å². The Morgan fingerprint density at radius 2 is 1.95 bits per heavy atom. The summed E-state index contributed by atoms with van der Waals surface area (Å²) in [4.78, 5) is 3.87. The van der Waals surface area contributed by atoms with E-state index < -0.39 is 11.7 Å². The Bertz CT molecular complexity index is 570. The smallest absolute Gasteiger partial charge is 0.366 e. The SMILES string of the molecule is FC(F)(F)c1ccnc(NCc2cccc(Br)c2)c1.